The minimum atomic E-state index is -4.44. The van der Waals surface area contributed by atoms with Gasteiger partial charge >= 0.3 is 11.9 Å². The van der Waals surface area contributed by atoms with E-state index in [0.29, 0.717) is 12.2 Å². The minimum Gasteiger partial charge on any atom is -0.463 e. The molecule has 3 aromatic carbocycles. The van der Waals surface area contributed by atoms with Gasteiger partial charge in [-0.25, -0.2) is 9.59 Å². The van der Waals surface area contributed by atoms with Crippen molar-refractivity contribution in [3.05, 3.63) is 95.6 Å². The van der Waals surface area contributed by atoms with Gasteiger partial charge < -0.3 is 19.7 Å². The average molecular weight is 597 g/mol. The molecule has 42 heavy (non-hydrogen) atoms. The van der Waals surface area contributed by atoms with Gasteiger partial charge in [-0.1, -0.05) is 37.6 Å². The third-order valence-electron chi connectivity index (χ3n) is 6.17. The topological polar surface area (TPSA) is 172 Å². The lowest BCUT2D eigenvalue weighted by molar-refractivity contribution is -0.137. The van der Waals surface area contributed by atoms with E-state index < -0.39 is 28.3 Å². The maximum atomic E-state index is 12.7. The van der Waals surface area contributed by atoms with Crippen LogP contribution in [-0.4, -0.2) is 41.7 Å². The Morgan fingerprint density at radius 2 is 1.57 bits per heavy atom. The van der Waals surface area contributed by atoms with E-state index in [9.17, 15) is 32.8 Å². The first-order valence-corrected chi connectivity index (χ1v) is 14.5. The number of ether oxygens (including phenoxy) is 2. The van der Waals surface area contributed by atoms with Gasteiger partial charge in [-0.05, 0) is 79.8 Å². The Morgan fingerprint density at radius 3 is 2.21 bits per heavy atom. The molecule has 3 rings (SSSR count). The fourth-order valence-electron chi connectivity index (χ4n) is 3.92. The van der Waals surface area contributed by atoms with Crippen molar-refractivity contribution in [2.24, 2.45) is 10.2 Å². The van der Waals surface area contributed by atoms with Crippen molar-refractivity contribution in [3.63, 3.8) is 0 Å². The molecule has 0 atom stereocenters. The van der Waals surface area contributed by atoms with Crippen LogP contribution in [0.5, 0.6) is 5.75 Å². The second kappa shape index (κ2) is 15.1. The Bertz CT molecular complexity index is 1550. The molecule has 0 bridgehead atoms. The Hall–Kier alpha value is -4.23. The first-order valence-electron chi connectivity index (χ1n) is 13.1. The van der Waals surface area contributed by atoms with Crippen molar-refractivity contribution < 1.29 is 42.2 Å². The number of aliphatic hydroxyl groups excluding tert-OH is 1. The van der Waals surface area contributed by atoms with E-state index in [2.05, 4.69) is 16.8 Å². The van der Waals surface area contributed by atoms with Crippen LogP contribution >= 0.6 is 0 Å². The van der Waals surface area contributed by atoms with Gasteiger partial charge in [0.25, 0.3) is 10.1 Å². The summed E-state index contributed by atoms with van der Waals surface area (Å²) in [4.78, 5) is 23.4. The van der Waals surface area contributed by atoms with Gasteiger partial charge in [0.2, 0.25) is 0 Å². The van der Waals surface area contributed by atoms with Crippen molar-refractivity contribution in [2.75, 3.05) is 6.61 Å². The Kier molecular flexibility index (Phi) is 11.6. The van der Waals surface area contributed by atoms with Gasteiger partial charge in [0.15, 0.2) is 6.29 Å². The maximum absolute atomic E-state index is 12.7. The number of hydrogen-bond acceptors (Lipinski definition) is 10. The zero-order valence-electron chi connectivity index (χ0n) is 23.0. The molecule has 0 fully saturated rings. The lowest BCUT2D eigenvalue weighted by atomic mass is 10.0. The third-order valence-corrected chi connectivity index (χ3v) is 7.16. The number of rotatable bonds is 14. The van der Waals surface area contributed by atoms with E-state index in [4.69, 9.17) is 9.47 Å². The molecule has 0 spiro atoms. The summed E-state index contributed by atoms with van der Waals surface area (Å²) in [6, 6.07) is 15.1. The molecule has 0 aliphatic heterocycles. The fraction of sp³-hybridized carbons (Fsp3) is 0.267. The van der Waals surface area contributed by atoms with Gasteiger partial charge in [-0.2, -0.15) is 18.6 Å². The van der Waals surface area contributed by atoms with Crippen LogP contribution < -0.4 is 4.74 Å². The molecule has 0 saturated carbocycles. The maximum Gasteiger partial charge on any atom is 0.343 e. The number of azo groups is 1. The highest BCUT2D eigenvalue weighted by Crippen LogP contribution is 2.31. The number of unbranched alkanes of at least 4 members (excludes halogenated alkanes) is 3. The highest BCUT2D eigenvalue weighted by Gasteiger charge is 2.17. The van der Waals surface area contributed by atoms with Crippen LogP contribution in [0.4, 0.5) is 11.4 Å². The van der Waals surface area contributed by atoms with Crippen molar-refractivity contribution in [3.8, 4) is 5.75 Å². The van der Waals surface area contributed by atoms with E-state index >= 15 is 0 Å². The minimum absolute atomic E-state index is 0.0826. The van der Waals surface area contributed by atoms with E-state index in [-0.39, 0.29) is 33.1 Å². The number of aryl methyl sites for hydroxylation is 2. The SMILES string of the molecule is C=CC(=O)OCCCCCCc1ccc(C(=O)Oc2ccc(N=Nc3ccc(C)c(S(=O)(=O)O)c3)cc2C(O)O)cc1. The van der Waals surface area contributed by atoms with Crippen LogP contribution in [0.25, 0.3) is 0 Å². The number of carbonyl (C=O) groups excluding carboxylic acids is 2. The summed E-state index contributed by atoms with van der Waals surface area (Å²) in [5.74, 6) is -1.19. The number of aliphatic hydroxyl groups is 2. The van der Waals surface area contributed by atoms with Crippen molar-refractivity contribution >= 4 is 33.4 Å². The van der Waals surface area contributed by atoms with Gasteiger partial charge in [0.05, 0.1) is 34.0 Å². The second-order valence-electron chi connectivity index (χ2n) is 9.34. The normalized spacial score (nSPS) is 11.5. The molecule has 3 N–H and O–H groups in total. The number of nitrogens with zero attached hydrogens (tertiary/aromatic N) is 2. The predicted molar refractivity (Wildman–Crippen MR) is 154 cm³/mol. The van der Waals surface area contributed by atoms with Gasteiger partial charge in [0, 0.05) is 6.08 Å². The first kappa shape index (κ1) is 32.3. The molecular formula is C30H32N2O9S. The van der Waals surface area contributed by atoms with Gasteiger partial charge in [-0.3, -0.25) is 4.55 Å². The van der Waals surface area contributed by atoms with E-state index in [0.717, 1.165) is 49.8 Å². The zero-order valence-corrected chi connectivity index (χ0v) is 23.8. The standard InChI is InChI=1S/C30H32N2O9S/c1-3-28(33)40-17-7-5-4-6-8-21-10-12-22(13-11-21)30(36)41-26-16-15-23(18-25(26)29(34)35)31-32-24-14-9-20(2)27(19-24)42(37,38)39/h3,9-16,18-19,29,34-35H,1,4-8,17H2,2H3,(H,37,38,39). The first-order chi connectivity index (χ1) is 20.0. The summed E-state index contributed by atoms with van der Waals surface area (Å²) in [6.45, 7) is 5.24. The molecule has 0 aliphatic carbocycles. The summed E-state index contributed by atoms with van der Waals surface area (Å²) in [5, 5.41) is 27.6. The Morgan fingerprint density at radius 1 is 0.929 bits per heavy atom. The molecule has 0 radical (unpaired) electrons. The van der Waals surface area contributed by atoms with Gasteiger partial charge in [0.1, 0.15) is 5.75 Å². The molecule has 222 valence electrons. The number of hydrogen-bond donors (Lipinski definition) is 3. The smallest absolute Gasteiger partial charge is 0.343 e. The summed E-state index contributed by atoms with van der Waals surface area (Å²) in [5.41, 5.74) is 1.85. The molecular weight excluding hydrogens is 564 g/mol. The van der Waals surface area contributed by atoms with Crippen LogP contribution in [0, 0.1) is 6.92 Å². The molecule has 0 aliphatic rings. The lowest BCUT2D eigenvalue weighted by Crippen LogP contribution is -2.11. The van der Waals surface area contributed by atoms with Crippen molar-refractivity contribution in [2.45, 2.75) is 50.2 Å². The van der Waals surface area contributed by atoms with Crippen LogP contribution in [0.15, 0.2) is 88.4 Å². The zero-order chi connectivity index (χ0) is 30.7. The molecule has 11 nitrogen and oxygen atoms in total. The molecule has 3 aromatic rings. The summed E-state index contributed by atoms with van der Waals surface area (Å²) in [6.07, 6.45) is 3.59. The van der Waals surface area contributed by atoms with Crippen LogP contribution in [0.2, 0.25) is 0 Å². The molecule has 0 unspecified atom stereocenters. The summed E-state index contributed by atoms with van der Waals surface area (Å²) >= 11 is 0. The Balaban J connectivity index is 1.59. The molecule has 0 amide bonds. The van der Waals surface area contributed by atoms with E-state index in [1.54, 1.807) is 12.1 Å². The molecule has 0 heterocycles. The highest BCUT2D eigenvalue weighted by atomic mass is 32.2. The summed E-state index contributed by atoms with van der Waals surface area (Å²) in [7, 11) is -4.44. The lowest BCUT2D eigenvalue weighted by Gasteiger charge is -2.12. The quantitative estimate of drug-likeness (QED) is 0.0402. The van der Waals surface area contributed by atoms with Gasteiger partial charge in [-0.15, -0.1) is 0 Å². The van der Waals surface area contributed by atoms with E-state index in [1.807, 2.05) is 12.1 Å². The fourth-order valence-corrected chi connectivity index (χ4v) is 4.66. The number of benzene rings is 3. The monoisotopic (exact) mass is 596 g/mol. The third kappa shape index (κ3) is 9.70. The largest absolute Gasteiger partial charge is 0.463 e. The summed E-state index contributed by atoms with van der Waals surface area (Å²) < 4.78 is 42.8. The highest BCUT2D eigenvalue weighted by molar-refractivity contribution is 7.85. The molecule has 0 aromatic heterocycles. The van der Waals surface area contributed by atoms with Crippen LogP contribution in [-0.2, 0) is 26.1 Å². The van der Waals surface area contributed by atoms with Crippen molar-refractivity contribution in [1.82, 2.24) is 0 Å². The number of esters is 2. The second-order valence-corrected chi connectivity index (χ2v) is 10.7. The van der Waals surface area contributed by atoms with E-state index in [1.165, 1.54) is 37.3 Å². The van der Waals surface area contributed by atoms with Crippen molar-refractivity contribution in [1.29, 1.82) is 0 Å². The van der Waals surface area contributed by atoms with Crippen LogP contribution in [0.1, 0.15) is 59.0 Å². The molecule has 0 saturated heterocycles. The molecule has 12 heteroatoms. The Labute approximate surface area is 243 Å². The predicted octanol–water partition coefficient (Wildman–Crippen LogP) is 5.69. The average Bonchev–Trinajstić information content (AvgIpc) is 2.96. The van der Waals surface area contributed by atoms with Crippen LogP contribution in [0.3, 0.4) is 0 Å². The number of carbonyl (C=O) groups is 2.